The average Bonchev–Trinajstić information content (AvgIpc) is 2.71. The number of hydrogen-bond acceptors (Lipinski definition) is 4. The maximum Gasteiger partial charge on any atom is 0.147 e. The largest absolute Gasteiger partial charge is 0.505 e. The van der Waals surface area contributed by atoms with E-state index < -0.39 is 11.9 Å². The summed E-state index contributed by atoms with van der Waals surface area (Å²) in [6, 6.07) is 12.5. The maximum atomic E-state index is 13.3. The predicted octanol–water partition coefficient (Wildman–Crippen LogP) is 6.64. The SMILES string of the molecule is Oc1c(C(Nc2ccc(F)cn2)c2cc(Cl)cc(Cl)c2Cl)ccc2cccnc12. The van der Waals surface area contributed by atoms with Crippen LogP contribution < -0.4 is 5.32 Å². The first-order chi connectivity index (χ1) is 13.9. The van der Waals surface area contributed by atoms with Crippen molar-refractivity contribution in [1.29, 1.82) is 0 Å². The standard InChI is InChI=1S/C21H13Cl3FN3O/c22-12-8-15(18(24)16(23)9-12)20(28-17-6-4-13(25)10-27-17)14-5-3-11-2-1-7-26-19(11)21(14)29/h1-10,20,29H,(H,27,28). The third-order valence-corrected chi connectivity index (χ3v) is 5.48. The van der Waals surface area contributed by atoms with Crippen LogP contribution in [0.15, 0.2) is 60.9 Å². The van der Waals surface area contributed by atoms with Crippen LogP contribution in [0.25, 0.3) is 10.9 Å². The summed E-state index contributed by atoms with van der Waals surface area (Å²) in [5.41, 5.74) is 1.46. The van der Waals surface area contributed by atoms with Gasteiger partial charge in [-0.1, -0.05) is 53.0 Å². The van der Waals surface area contributed by atoms with E-state index in [0.29, 0.717) is 27.5 Å². The van der Waals surface area contributed by atoms with Crippen LogP contribution in [0.5, 0.6) is 5.75 Å². The van der Waals surface area contributed by atoms with Gasteiger partial charge in [-0.2, -0.15) is 0 Å². The van der Waals surface area contributed by atoms with Crippen LogP contribution in [-0.2, 0) is 0 Å². The number of aromatic hydroxyl groups is 1. The lowest BCUT2D eigenvalue weighted by atomic mass is 9.96. The number of phenolic OH excluding ortho intramolecular Hbond substituents is 1. The summed E-state index contributed by atoms with van der Waals surface area (Å²) in [6.07, 6.45) is 2.69. The van der Waals surface area contributed by atoms with Gasteiger partial charge < -0.3 is 10.4 Å². The van der Waals surface area contributed by atoms with Gasteiger partial charge >= 0.3 is 0 Å². The number of fused-ring (bicyclic) bond motifs is 1. The number of halogens is 4. The van der Waals surface area contributed by atoms with E-state index >= 15 is 0 Å². The molecule has 146 valence electrons. The smallest absolute Gasteiger partial charge is 0.147 e. The van der Waals surface area contributed by atoms with Gasteiger partial charge in [0.2, 0.25) is 0 Å². The zero-order valence-corrected chi connectivity index (χ0v) is 17.0. The van der Waals surface area contributed by atoms with Crippen LogP contribution in [0.2, 0.25) is 15.1 Å². The minimum atomic E-state index is -0.678. The highest BCUT2D eigenvalue weighted by atomic mass is 35.5. The topological polar surface area (TPSA) is 58.0 Å². The van der Waals surface area contributed by atoms with E-state index in [0.717, 1.165) is 11.6 Å². The van der Waals surface area contributed by atoms with Crippen molar-refractivity contribution in [3.8, 4) is 5.75 Å². The molecular formula is C21H13Cl3FN3O. The molecule has 0 amide bonds. The molecule has 2 aromatic carbocycles. The first kappa shape index (κ1) is 19.7. The number of aromatic nitrogens is 2. The fourth-order valence-corrected chi connectivity index (χ4v) is 3.82. The van der Waals surface area contributed by atoms with E-state index in [-0.39, 0.29) is 15.8 Å². The summed E-state index contributed by atoms with van der Waals surface area (Å²) in [6.45, 7) is 0. The van der Waals surface area contributed by atoms with Gasteiger partial charge in [0.15, 0.2) is 0 Å². The fourth-order valence-electron chi connectivity index (χ4n) is 3.10. The molecule has 1 unspecified atom stereocenters. The lowest BCUT2D eigenvalue weighted by Crippen LogP contribution is -2.14. The molecule has 0 saturated heterocycles. The van der Waals surface area contributed by atoms with Crippen molar-refractivity contribution >= 4 is 51.5 Å². The lowest BCUT2D eigenvalue weighted by molar-refractivity contribution is 0.471. The first-order valence-corrected chi connectivity index (χ1v) is 9.66. The van der Waals surface area contributed by atoms with Gasteiger partial charge in [-0.3, -0.25) is 4.98 Å². The van der Waals surface area contributed by atoms with Crippen molar-refractivity contribution in [3.05, 3.63) is 92.9 Å². The Bertz CT molecular complexity index is 1200. The molecule has 4 nitrogen and oxygen atoms in total. The van der Waals surface area contributed by atoms with Gasteiger partial charge in [0.1, 0.15) is 22.9 Å². The number of anilines is 1. The first-order valence-electron chi connectivity index (χ1n) is 8.53. The van der Waals surface area contributed by atoms with Crippen molar-refractivity contribution in [2.24, 2.45) is 0 Å². The summed E-state index contributed by atoms with van der Waals surface area (Å²) in [5.74, 6) is -0.104. The average molecular weight is 449 g/mol. The maximum absolute atomic E-state index is 13.3. The lowest BCUT2D eigenvalue weighted by Gasteiger charge is -2.23. The highest BCUT2D eigenvalue weighted by Crippen LogP contribution is 2.41. The molecule has 0 spiro atoms. The summed E-state index contributed by atoms with van der Waals surface area (Å²) in [4.78, 5) is 8.31. The molecule has 2 aromatic heterocycles. The van der Waals surface area contributed by atoms with Crippen LogP contribution in [-0.4, -0.2) is 15.1 Å². The van der Waals surface area contributed by atoms with Gasteiger partial charge in [0.25, 0.3) is 0 Å². The molecule has 0 radical (unpaired) electrons. The Morgan fingerprint density at radius 1 is 0.966 bits per heavy atom. The Morgan fingerprint density at radius 2 is 1.79 bits per heavy atom. The minimum Gasteiger partial charge on any atom is -0.505 e. The van der Waals surface area contributed by atoms with Crippen molar-refractivity contribution in [2.75, 3.05) is 5.32 Å². The van der Waals surface area contributed by atoms with E-state index in [1.165, 1.54) is 18.2 Å². The van der Waals surface area contributed by atoms with Crippen LogP contribution in [0.1, 0.15) is 17.2 Å². The number of nitrogens with one attached hydrogen (secondary N) is 1. The molecule has 29 heavy (non-hydrogen) atoms. The van der Waals surface area contributed by atoms with Crippen LogP contribution in [0.4, 0.5) is 10.2 Å². The molecular weight excluding hydrogens is 436 g/mol. The van der Waals surface area contributed by atoms with Crippen molar-refractivity contribution in [3.63, 3.8) is 0 Å². The van der Waals surface area contributed by atoms with E-state index in [4.69, 9.17) is 34.8 Å². The number of pyridine rings is 2. The normalized spacial score (nSPS) is 12.1. The van der Waals surface area contributed by atoms with Gasteiger partial charge in [-0.15, -0.1) is 0 Å². The number of hydrogen-bond donors (Lipinski definition) is 2. The third-order valence-electron chi connectivity index (χ3n) is 4.44. The summed E-state index contributed by atoms with van der Waals surface area (Å²) in [7, 11) is 0. The van der Waals surface area contributed by atoms with Crippen molar-refractivity contribution < 1.29 is 9.50 Å². The summed E-state index contributed by atoms with van der Waals surface area (Å²) in [5, 5.41) is 15.8. The Kier molecular flexibility index (Phi) is 5.46. The minimum absolute atomic E-state index is 0.0186. The molecule has 2 N–H and O–H groups in total. The third kappa shape index (κ3) is 3.94. The molecule has 4 aromatic rings. The molecule has 0 fully saturated rings. The van der Waals surface area contributed by atoms with E-state index in [9.17, 15) is 9.50 Å². The molecule has 0 aliphatic heterocycles. The number of rotatable bonds is 4. The van der Waals surface area contributed by atoms with Crippen LogP contribution >= 0.6 is 34.8 Å². The second kappa shape index (κ2) is 8.03. The molecule has 0 saturated carbocycles. The Labute approximate surface area is 180 Å². The fraction of sp³-hybridized carbons (Fsp3) is 0.0476. The molecule has 0 aliphatic carbocycles. The van der Waals surface area contributed by atoms with Crippen molar-refractivity contribution in [2.45, 2.75) is 6.04 Å². The van der Waals surface area contributed by atoms with Gasteiger partial charge in [-0.25, -0.2) is 9.37 Å². The molecule has 2 heterocycles. The second-order valence-corrected chi connectivity index (χ2v) is 7.53. The molecule has 4 rings (SSSR count). The molecule has 8 heteroatoms. The number of phenols is 1. The monoisotopic (exact) mass is 447 g/mol. The van der Waals surface area contributed by atoms with E-state index in [1.54, 1.807) is 24.4 Å². The highest BCUT2D eigenvalue weighted by molar-refractivity contribution is 6.43. The molecule has 0 aliphatic rings. The quantitative estimate of drug-likeness (QED) is 0.344. The predicted molar refractivity (Wildman–Crippen MR) is 115 cm³/mol. The molecule has 0 bridgehead atoms. The Balaban J connectivity index is 1.91. The van der Waals surface area contributed by atoms with E-state index in [1.807, 2.05) is 12.1 Å². The van der Waals surface area contributed by atoms with Gasteiger partial charge in [0.05, 0.1) is 22.3 Å². The van der Waals surface area contributed by atoms with Gasteiger partial charge in [-0.05, 0) is 30.3 Å². The van der Waals surface area contributed by atoms with Gasteiger partial charge in [0, 0.05) is 27.7 Å². The highest BCUT2D eigenvalue weighted by Gasteiger charge is 2.24. The Morgan fingerprint density at radius 3 is 2.55 bits per heavy atom. The van der Waals surface area contributed by atoms with E-state index in [2.05, 4.69) is 15.3 Å². The summed E-state index contributed by atoms with van der Waals surface area (Å²) < 4.78 is 13.3. The summed E-state index contributed by atoms with van der Waals surface area (Å²) >= 11 is 18.9. The number of nitrogens with zero attached hydrogens (tertiary/aromatic N) is 2. The second-order valence-electron chi connectivity index (χ2n) is 6.31. The van der Waals surface area contributed by atoms with Crippen LogP contribution in [0.3, 0.4) is 0 Å². The zero-order valence-electron chi connectivity index (χ0n) is 14.7. The van der Waals surface area contributed by atoms with Crippen molar-refractivity contribution in [1.82, 2.24) is 9.97 Å². The Hall–Kier alpha value is -2.60. The number of benzene rings is 2. The van der Waals surface area contributed by atoms with Crippen LogP contribution in [0, 0.1) is 5.82 Å². The zero-order chi connectivity index (χ0) is 20.5. The molecule has 1 atom stereocenters.